The Hall–Kier alpha value is -2.24. The van der Waals surface area contributed by atoms with Crippen LogP contribution in [0.15, 0.2) is 24.3 Å². The van der Waals surface area contributed by atoms with Gasteiger partial charge in [-0.25, -0.2) is 4.79 Å². The Labute approximate surface area is 142 Å². The van der Waals surface area contributed by atoms with E-state index in [-0.39, 0.29) is 18.6 Å². The van der Waals surface area contributed by atoms with Gasteiger partial charge in [-0.15, -0.1) is 0 Å². The number of rotatable bonds is 8. The molecule has 1 saturated carbocycles. The van der Waals surface area contributed by atoms with Crippen LogP contribution in [0.4, 0.5) is 0 Å². The molecule has 6 heteroatoms. The van der Waals surface area contributed by atoms with Gasteiger partial charge in [-0.05, 0) is 38.8 Å². The molecule has 0 radical (unpaired) electrons. The molecule has 132 valence electrons. The van der Waals surface area contributed by atoms with Gasteiger partial charge in [0, 0.05) is 6.04 Å². The van der Waals surface area contributed by atoms with Crippen LogP contribution in [-0.2, 0) is 14.3 Å². The van der Waals surface area contributed by atoms with Gasteiger partial charge in [0.15, 0.2) is 24.2 Å². The molecule has 24 heavy (non-hydrogen) atoms. The van der Waals surface area contributed by atoms with Crippen molar-refractivity contribution in [1.29, 1.82) is 0 Å². The van der Waals surface area contributed by atoms with Crippen molar-refractivity contribution in [1.82, 2.24) is 5.32 Å². The molecule has 6 nitrogen and oxygen atoms in total. The van der Waals surface area contributed by atoms with Crippen molar-refractivity contribution in [2.45, 2.75) is 51.7 Å². The van der Waals surface area contributed by atoms with Crippen LogP contribution >= 0.6 is 0 Å². The molecule has 1 amide bonds. The molecule has 1 aromatic carbocycles. The number of hydrogen-bond acceptors (Lipinski definition) is 5. The van der Waals surface area contributed by atoms with E-state index in [0.29, 0.717) is 18.1 Å². The van der Waals surface area contributed by atoms with E-state index in [1.54, 1.807) is 25.1 Å². The second-order valence-electron chi connectivity index (χ2n) is 5.79. The first-order chi connectivity index (χ1) is 11.6. The van der Waals surface area contributed by atoms with Gasteiger partial charge in [-0.2, -0.15) is 0 Å². The maximum Gasteiger partial charge on any atom is 0.344 e. The number of amides is 1. The summed E-state index contributed by atoms with van der Waals surface area (Å²) in [5.41, 5.74) is 0. The highest BCUT2D eigenvalue weighted by Gasteiger charge is 2.23. The average molecular weight is 335 g/mol. The van der Waals surface area contributed by atoms with Crippen molar-refractivity contribution in [3.8, 4) is 11.5 Å². The standard InChI is InChI=1S/C18H25NO5/c1-3-22-15-10-6-7-11-16(15)23-12-17(20)24-13(2)18(21)19-14-8-4-5-9-14/h6-7,10-11,13-14H,3-5,8-9,12H2,1-2H3,(H,19,21). The second kappa shape index (κ2) is 9.15. The van der Waals surface area contributed by atoms with Gasteiger partial charge in [0.2, 0.25) is 0 Å². The van der Waals surface area contributed by atoms with Crippen LogP contribution in [0.5, 0.6) is 11.5 Å². The Kier molecular flexibility index (Phi) is 6.90. The van der Waals surface area contributed by atoms with Crippen molar-refractivity contribution in [2.75, 3.05) is 13.2 Å². The molecule has 1 atom stereocenters. The van der Waals surface area contributed by atoms with Crippen molar-refractivity contribution < 1.29 is 23.8 Å². The van der Waals surface area contributed by atoms with Crippen molar-refractivity contribution >= 4 is 11.9 Å². The molecule has 1 aromatic rings. The van der Waals surface area contributed by atoms with Crippen LogP contribution in [0.2, 0.25) is 0 Å². The number of esters is 1. The molecule has 1 aliphatic carbocycles. The van der Waals surface area contributed by atoms with Crippen LogP contribution in [0.3, 0.4) is 0 Å². The summed E-state index contributed by atoms with van der Waals surface area (Å²) in [5, 5.41) is 2.91. The summed E-state index contributed by atoms with van der Waals surface area (Å²) in [5.74, 6) is 0.194. The van der Waals surface area contributed by atoms with E-state index in [1.807, 2.05) is 13.0 Å². The number of carbonyl (C=O) groups excluding carboxylic acids is 2. The number of nitrogens with one attached hydrogen (secondary N) is 1. The molecule has 0 spiro atoms. The summed E-state index contributed by atoms with van der Waals surface area (Å²) >= 11 is 0. The minimum Gasteiger partial charge on any atom is -0.490 e. The Bertz CT molecular complexity index is 554. The zero-order chi connectivity index (χ0) is 17.4. The van der Waals surface area contributed by atoms with Crippen LogP contribution in [0.1, 0.15) is 39.5 Å². The van der Waals surface area contributed by atoms with E-state index in [2.05, 4.69) is 5.32 Å². The van der Waals surface area contributed by atoms with Gasteiger partial charge in [0.05, 0.1) is 6.61 Å². The lowest BCUT2D eigenvalue weighted by molar-refractivity contribution is -0.156. The Morgan fingerprint density at radius 2 is 1.79 bits per heavy atom. The predicted octanol–water partition coefficient (Wildman–Crippen LogP) is 2.45. The molecule has 2 rings (SSSR count). The topological polar surface area (TPSA) is 73.9 Å². The smallest absolute Gasteiger partial charge is 0.344 e. The molecule has 1 N–H and O–H groups in total. The largest absolute Gasteiger partial charge is 0.490 e. The summed E-state index contributed by atoms with van der Waals surface area (Å²) < 4.78 is 16.0. The fourth-order valence-electron chi connectivity index (χ4n) is 2.65. The third-order valence-corrected chi connectivity index (χ3v) is 3.87. The van der Waals surface area contributed by atoms with E-state index >= 15 is 0 Å². The molecular weight excluding hydrogens is 310 g/mol. The van der Waals surface area contributed by atoms with Gasteiger partial charge >= 0.3 is 5.97 Å². The summed E-state index contributed by atoms with van der Waals surface area (Å²) in [6, 6.07) is 7.30. The van der Waals surface area contributed by atoms with Crippen molar-refractivity contribution in [3.63, 3.8) is 0 Å². The van der Waals surface area contributed by atoms with Gasteiger partial charge in [0.1, 0.15) is 0 Å². The number of ether oxygens (including phenoxy) is 3. The van der Waals surface area contributed by atoms with Gasteiger partial charge in [-0.3, -0.25) is 4.79 Å². The predicted molar refractivity (Wildman–Crippen MR) is 89.1 cm³/mol. The van der Waals surface area contributed by atoms with E-state index < -0.39 is 12.1 Å². The molecule has 1 unspecified atom stereocenters. The summed E-state index contributed by atoms with van der Waals surface area (Å²) in [4.78, 5) is 23.9. The van der Waals surface area contributed by atoms with Crippen LogP contribution in [0, 0.1) is 0 Å². The van der Waals surface area contributed by atoms with Crippen LogP contribution in [-0.4, -0.2) is 37.2 Å². The second-order valence-corrected chi connectivity index (χ2v) is 5.79. The number of hydrogen-bond donors (Lipinski definition) is 1. The maximum atomic E-state index is 12.0. The van der Waals surface area contributed by atoms with E-state index in [1.165, 1.54) is 0 Å². The Morgan fingerprint density at radius 3 is 2.42 bits per heavy atom. The maximum absolute atomic E-state index is 12.0. The fraction of sp³-hybridized carbons (Fsp3) is 0.556. The molecule has 0 heterocycles. The quantitative estimate of drug-likeness (QED) is 0.739. The summed E-state index contributed by atoms with van der Waals surface area (Å²) in [6.45, 7) is 3.67. The average Bonchev–Trinajstić information content (AvgIpc) is 3.07. The zero-order valence-corrected chi connectivity index (χ0v) is 14.2. The minimum absolute atomic E-state index is 0.202. The first-order valence-electron chi connectivity index (χ1n) is 8.44. The summed E-state index contributed by atoms with van der Waals surface area (Å²) in [7, 11) is 0. The number of carbonyl (C=O) groups is 2. The van der Waals surface area contributed by atoms with Crippen molar-refractivity contribution in [3.05, 3.63) is 24.3 Å². The fourth-order valence-corrected chi connectivity index (χ4v) is 2.65. The normalized spacial score (nSPS) is 15.6. The highest BCUT2D eigenvalue weighted by atomic mass is 16.6. The lowest BCUT2D eigenvalue weighted by Gasteiger charge is -2.17. The first kappa shape index (κ1) is 18.1. The minimum atomic E-state index is -0.830. The molecule has 0 bridgehead atoms. The van der Waals surface area contributed by atoms with E-state index in [4.69, 9.17) is 14.2 Å². The molecule has 1 fully saturated rings. The third kappa shape index (κ3) is 5.44. The van der Waals surface area contributed by atoms with E-state index in [0.717, 1.165) is 25.7 Å². The lowest BCUT2D eigenvalue weighted by atomic mass is 10.2. The van der Waals surface area contributed by atoms with Crippen LogP contribution < -0.4 is 14.8 Å². The Balaban J connectivity index is 1.77. The van der Waals surface area contributed by atoms with Crippen molar-refractivity contribution in [2.24, 2.45) is 0 Å². The molecule has 0 aromatic heterocycles. The lowest BCUT2D eigenvalue weighted by Crippen LogP contribution is -2.41. The number of para-hydroxylation sites is 2. The summed E-state index contributed by atoms with van der Waals surface area (Å²) in [6.07, 6.45) is 3.41. The number of benzene rings is 1. The first-order valence-corrected chi connectivity index (χ1v) is 8.44. The molecule has 0 saturated heterocycles. The molecule has 1 aliphatic rings. The van der Waals surface area contributed by atoms with Gasteiger partial charge in [-0.1, -0.05) is 25.0 Å². The van der Waals surface area contributed by atoms with E-state index in [9.17, 15) is 9.59 Å². The highest BCUT2D eigenvalue weighted by Crippen LogP contribution is 2.26. The molecular formula is C18H25NO5. The third-order valence-electron chi connectivity index (χ3n) is 3.87. The zero-order valence-electron chi connectivity index (χ0n) is 14.2. The van der Waals surface area contributed by atoms with Gasteiger partial charge in [0.25, 0.3) is 5.91 Å². The molecule has 0 aliphatic heterocycles. The Morgan fingerprint density at radius 1 is 1.17 bits per heavy atom. The SMILES string of the molecule is CCOc1ccccc1OCC(=O)OC(C)C(=O)NC1CCCC1. The van der Waals surface area contributed by atoms with Gasteiger partial charge < -0.3 is 19.5 Å². The van der Waals surface area contributed by atoms with Crippen LogP contribution in [0.25, 0.3) is 0 Å². The monoisotopic (exact) mass is 335 g/mol. The highest BCUT2D eigenvalue weighted by molar-refractivity contribution is 5.83.